The Hall–Kier alpha value is -0.280. The molecule has 0 spiro atoms. The number of fused-ring (bicyclic) bond motifs is 1. The lowest BCUT2D eigenvalue weighted by molar-refractivity contribution is 0.692. The van der Waals surface area contributed by atoms with Gasteiger partial charge in [0, 0.05) is 4.90 Å². The summed E-state index contributed by atoms with van der Waals surface area (Å²) in [6.45, 7) is 0. The van der Waals surface area contributed by atoms with Crippen molar-refractivity contribution in [2.75, 3.05) is 6.26 Å². The Bertz CT molecular complexity index is 306. The van der Waals surface area contributed by atoms with Gasteiger partial charge >= 0.3 is 0 Å². The fourth-order valence-corrected chi connectivity index (χ4v) is 3.03. The predicted molar refractivity (Wildman–Crippen MR) is 42.9 cm³/mol. The van der Waals surface area contributed by atoms with Gasteiger partial charge in [0.2, 0.25) is 0 Å². The van der Waals surface area contributed by atoms with E-state index in [-0.39, 0.29) is 0 Å². The molecule has 1 aromatic carbocycles. The topological polar surface area (TPSA) is 17.1 Å². The van der Waals surface area contributed by atoms with Crippen LogP contribution in [0.15, 0.2) is 32.9 Å². The molecule has 1 aliphatic heterocycles. The molecule has 0 aromatic heterocycles. The number of hydrogen-bond acceptors (Lipinski definition) is 2. The fourth-order valence-electron chi connectivity index (χ4n) is 0.956. The number of benzene rings is 1. The summed E-state index contributed by atoms with van der Waals surface area (Å²) < 4.78 is 11.0. The molecule has 1 aromatic rings. The van der Waals surface area contributed by atoms with E-state index in [0.29, 0.717) is 0 Å². The lowest BCUT2D eigenvalue weighted by atomic mass is 10.4. The largest absolute Gasteiger partial charge is 0.249 e. The Morgan fingerprint density at radius 2 is 2.30 bits per heavy atom. The third-order valence-corrected chi connectivity index (χ3v) is 3.76. The second-order valence-corrected chi connectivity index (χ2v) is 4.29. The van der Waals surface area contributed by atoms with Gasteiger partial charge in [-0.05, 0) is 18.4 Å². The number of thioether (sulfide) groups is 1. The molecule has 0 bridgehead atoms. The minimum Gasteiger partial charge on any atom is -0.249 e. The van der Waals surface area contributed by atoms with Crippen LogP contribution in [-0.2, 0) is 10.8 Å². The molecule has 0 fully saturated rings. The van der Waals surface area contributed by atoms with Gasteiger partial charge in [0.1, 0.15) is 0 Å². The molecule has 2 rings (SSSR count). The summed E-state index contributed by atoms with van der Waals surface area (Å²) in [5, 5.41) is 0. The van der Waals surface area contributed by atoms with Crippen LogP contribution in [0.25, 0.3) is 0 Å². The molecule has 0 saturated carbocycles. The average molecular weight is 170 g/mol. The van der Waals surface area contributed by atoms with Gasteiger partial charge in [0.05, 0.1) is 20.6 Å². The monoisotopic (exact) mass is 170 g/mol. The van der Waals surface area contributed by atoms with Crippen LogP contribution in [0.1, 0.15) is 0 Å². The maximum atomic E-state index is 11.0. The van der Waals surface area contributed by atoms with Crippen LogP contribution in [-0.4, -0.2) is 10.5 Å². The Balaban J connectivity index is 2.58. The summed E-state index contributed by atoms with van der Waals surface area (Å²) in [5.41, 5.74) is 0. The molecule has 0 amide bonds. The standard InChI is InChI=1S/C7H6OS2/c1-9-5-3-2-4-6-7(5)10(6)8/h2-4H,1H3. The molecule has 52 valence electrons. The van der Waals surface area contributed by atoms with E-state index >= 15 is 0 Å². The molecule has 1 atom stereocenters. The minimum absolute atomic E-state index is 0.747. The molecule has 3 heteroatoms. The minimum atomic E-state index is -0.747. The van der Waals surface area contributed by atoms with Crippen molar-refractivity contribution in [2.24, 2.45) is 0 Å². The van der Waals surface area contributed by atoms with E-state index in [1.165, 1.54) is 0 Å². The van der Waals surface area contributed by atoms with Crippen LogP contribution < -0.4 is 0 Å². The van der Waals surface area contributed by atoms with Gasteiger partial charge in [-0.3, -0.25) is 0 Å². The third-order valence-electron chi connectivity index (χ3n) is 1.51. The van der Waals surface area contributed by atoms with Gasteiger partial charge in [-0.25, -0.2) is 4.21 Å². The molecule has 0 N–H and O–H groups in total. The van der Waals surface area contributed by atoms with E-state index in [1.807, 2.05) is 24.5 Å². The summed E-state index contributed by atoms with van der Waals surface area (Å²) in [6.07, 6.45) is 2.01. The Morgan fingerprint density at radius 3 is 2.90 bits per heavy atom. The summed E-state index contributed by atoms with van der Waals surface area (Å²) in [5.74, 6) is 0. The average Bonchev–Trinajstić information content (AvgIpc) is 2.63. The summed E-state index contributed by atoms with van der Waals surface area (Å²) >= 11 is 1.66. The van der Waals surface area contributed by atoms with Crippen molar-refractivity contribution < 1.29 is 4.21 Å². The fraction of sp³-hybridized carbons (Fsp3) is 0.143. The zero-order valence-electron chi connectivity index (χ0n) is 5.46. The Labute approximate surface area is 66.3 Å². The molecular weight excluding hydrogens is 164 g/mol. The maximum Gasteiger partial charge on any atom is 0.0886 e. The van der Waals surface area contributed by atoms with E-state index < -0.39 is 10.8 Å². The molecular formula is C7H6OS2. The van der Waals surface area contributed by atoms with E-state index in [9.17, 15) is 4.21 Å². The maximum absolute atomic E-state index is 11.0. The second-order valence-electron chi connectivity index (χ2n) is 2.06. The highest BCUT2D eigenvalue weighted by atomic mass is 32.2. The summed E-state index contributed by atoms with van der Waals surface area (Å²) in [7, 11) is -0.747. The first-order valence-corrected chi connectivity index (χ1v) is 5.31. The first kappa shape index (κ1) is 6.43. The highest BCUT2D eigenvalue weighted by Crippen LogP contribution is 2.42. The molecule has 1 nitrogen and oxygen atoms in total. The van der Waals surface area contributed by atoms with Crippen molar-refractivity contribution in [1.82, 2.24) is 0 Å². The van der Waals surface area contributed by atoms with Gasteiger partial charge in [-0.2, -0.15) is 0 Å². The van der Waals surface area contributed by atoms with Crippen LogP contribution in [0.4, 0.5) is 0 Å². The number of hydrogen-bond donors (Lipinski definition) is 0. The normalized spacial score (nSPS) is 20.3. The SMILES string of the molecule is CSc1cccc2c1S2=O. The van der Waals surface area contributed by atoms with E-state index in [0.717, 1.165) is 14.7 Å². The van der Waals surface area contributed by atoms with Crippen molar-refractivity contribution in [3.63, 3.8) is 0 Å². The van der Waals surface area contributed by atoms with Gasteiger partial charge in [0.25, 0.3) is 0 Å². The van der Waals surface area contributed by atoms with E-state index in [2.05, 4.69) is 0 Å². The van der Waals surface area contributed by atoms with Crippen LogP contribution in [0, 0.1) is 0 Å². The first-order chi connectivity index (χ1) is 4.84. The molecule has 1 heterocycles. The van der Waals surface area contributed by atoms with E-state index in [1.54, 1.807) is 11.8 Å². The van der Waals surface area contributed by atoms with Crippen molar-refractivity contribution >= 4 is 22.6 Å². The Kier molecular flexibility index (Phi) is 1.35. The third kappa shape index (κ3) is 0.739. The number of rotatable bonds is 1. The lowest BCUT2D eigenvalue weighted by Crippen LogP contribution is -1.63. The van der Waals surface area contributed by atoms with Gasteiger partial charge in [-0.1, -0.05) is 6.07 Å². The molecule has 1 aliphatic rings. The molecule has 0 aliphatic carbocycles. The van der Waals surface area contributed by atoms with Crippen LogP contribution >= 0.6 is 11.8 Å². The van der Waals surface area contributed by atoms with E-state index in [4.69, 9.17) is 0 Å². The molecule has 10 heavy (non-hydrogen) atoms. The Morgan fingerprint density at radius 1 is 1.50 bits per heavy atom. The molecule has 0 radical (unpaired) electrons. The van der Waals surface area contributed by atoms with Gasteiger partial charge in [0.15, 0.2) is 0 Å². The van der Waals surface area contributed by atoms with Crippen LogP contribution in [0.5, 0.6) is 0 Å². The molecule has 0 saturated heterocycles. The van der Waals surface area contributed by atoms with Crippen molar-refractivity contribution in [2.45, 2.75) is 14.7 Å². The van der Waals surface area contributed by atoms with Crippen molar-refractivity contribution in [1.29, 1.82) is 0 Å². The summed E-state index contributed by atoms with van der Waals surface area (Å²) in [4.78, 5) is 3.23. The van der Waals surface area contributed by atoms with Gasteiger partial charge < -0.3 is 0 Å². The van der Waals surface area contributed by atoms with Crippen molar-refractivity contribution in [3.05, 3.63) is 18.2 Å². The zero-order valence-corrected chi connectivity index (χ0v) is 7.09. The highest BCUT2D eigenvalue weighted by molar-refractivity contribution is 7.99. The summed E-state index contributed by atoms with van der Waals surface area (Å²) in [6, 6.07) is 5.88. The second kappa shape index (κ2) is 2.10. The van der Waals surface area contributed by atoms with Gasteiger partial charge in [-0.15, -0.1) is 11.8 Å². The first-order valence-electron chi connectivity index (χ1n) is 2.93. The smallest absolute Gasteiger partial charge is 0.0886 e. The predicted octanol–water partition coefficient (Wildman–Crippen LogP) is 1.89. The van der Waals surface area contributed by atoms with Crippen molar-refractivity contribution in [3.8, 4) is 0 Å². The molecule has 1 unspecified atom stereocenters. The zero-order chi connectivity index (χ0) is 7.14. The van der Waals surface area contributed by atoms with Crippen LogP contribution in [0.2, 0.25) is 0 Å². The quantitative estimate of drug-likeness (QED) is 0.480. The highest BCUT2D eigenvalue weighted by Gasteiger charge is 2.30. The lowest BCUT2D eigenvalue weighted by Gasteiger charge is -1.87. The van der Waals surface area contributed by atoms with Crippen LogP contribution in [0.3, 0.4) is 0 Å².